The second kappa shape index (κ2) is 4.28. The molecular formula is C14H22BNO2. The number of rotatable bonds is 2. The van der Waals surface area contributed by atoms with Crippen molar-refractivity contribution in [2.75, 3.05) is 12.4 Å². The Morgan fingerprint density at radius 1 is 1.06 bits per heavy atom. The lowest BCUT2D eigenvalue weighted by atomic mass is 9.77. The Hall–Kier alpha value is -0.995. The Labute approximate surface area is 110 Å². The molecular weight excluding hydrogens is 225 g/mol. The van der Waals surface area contributed by atoms with E-state index in [1.807, 2.05) is 7.05 Å². The van der Waals surface area contributed by atoms with E-state index in [9.17, 15) is 0 Å². The minimum atomic E-state index is -0.308. The van der Waals surface area contributed by atoms with E-state index in [2.05, 4.69) is 58.1 Å². The Bertz CT molecular complexity index is 441. The van der Waals surface area contributed by atoms with Crippen LogP contribution in [-0.4, -0.2) is 25.4 Å². The summed E-state index contributed by atoms with van der Waals surface area (Å²) in [6.45, 7) is 10.4. The highest BCUT2D eigenvalue weighted by Crippen LogP contribution is 2.37. The normalized spacial score (nSPS) is 21.1. The summed E-state index contributed by atoms with van der Waals surface area (Å²) in [6.07, 6.45) is 0. The summed E-state index contributed by atoms with van der Waals surface area (Å²) in [6, 6.07) is 6.27. The van der Waals surface area contributed by atoms with Crippen molar-refractivity contribution in [2.24, 2.45) is 0 Å². The molecule has 0 amide bonds. The molecule has 0 unspecified atom stereocenters. The molecule has 0 spiro atoms. The standard InChI is InChI=1S/C14H22BNO2/c1-10-7-8-12(16-6)11(9-10)15-17-13(2,3)14(4,5)18-15/h7-9,16H,1-6H3. The van der Waals surface area contributed by atoms with Crippen LogP contribution in [-0.2, 0) is 9.31 Å². The van der Waals surface area contributed by atoms with Gasteiger partial charge >= 0.3 is 7.12 Å². The number of hydrogen-bond acceptors (Lipinski definition) is 3. The van der Waals surface area contributed by atoms with Gasteiger partial charge in [-0.25, -0.2) is 0 Å². The molecule has 1 fully saturated rings. The highest BCUT2D eigenvalue weighted by molar-refractivity contribution is 6.64. The molecule has 2 rings (SSSR count). The molecule has 18 heavy (non-hydrogen) atoms. The van der Waals surface area contributed by atoms with Crippen LogP contribution < -0.4 is 10.8 Å². The molecule has 1 aromatic rings. The average molecular weight is 247 g/mol. The summed E-state index contributed by atoms with van der Waals surface area (Å²) < 4.78 is 12.2. The predicted octanol–water partition coefficient (Wildman–Crippen LogP) is 2.34. The molecule has 1 aliphatic rings. The van der Waals surface area contributed by atoms with E-state index in [1.54, 1.807) is 0 Å². The highest BCUT2D eigenvalue weighted by atomic mass is 16.7. The van der Waals surface area contributed by atoms with Crippen LogP contribution in [0.1, 0.15) is 33.3 Å². The molecule has 0 radical (unpaired) electrons. The number of nitrogens with one attached hydrogen (secondary N) is 1. The first kappa shape index (κ1) is 13.4. The summed E-state index contributed by atoms with van der Waals surface area (Å²) >= 11 is 0. The lowest BCUT2D eigenvalue weighted by Gasteiger charge is -2.32. The first-order valence-electron chi connectivity index (χ1n) is 6.41. The van der Waals surface area contributed by atoms with Gasteiger partial charge in [-0.05, 0) is 40.7 Å². The molecule has 0 aliphatic carbocycles. The van der Waals surface area contributed by atoms with E-state index in [-0.39, 0.29) is 18.3 Å². The van der Waals surface area contributed by atoms with Crippen molar-refractivity contribution >= 4 is 18.3 Å². The summed E-state index contributed by atoms with van der Waals surface area (Å²) in [5, 5.41) is 3.19. The molecule has 1 aliphatic heterocycles. The second-order valence-electron chi connectivity index (χ2n) is 5.93. The maximum atomic E-state index is 6.09. The molecule has 1 heterocycles. The van der Waals surface area contributed by atoms with E-state index in [1.165, 1.54) is 5.56 Å². The van der Waals surface area contributed by atoms with Crippen molar-refractivity contribution in [1.29, 1.82) is 0 Å². The minimum Gasteiger partial charge on any atom is -0.399 e. The Balaban J connectivity index is 2.37. The van der Waals surface area contributed by atoms with Crippen LogP contribution >= 0.6 is 0 Å². The molecule has 1 N–H and O–H groups in total. The molecule has 0 saturated carbocycles. The second-order valence-corrected chi connectivity index (χ2v) is 5.93. The van der Waals surface area contributed by atoms with Crippen molar-refractivity contribution in [3.05, 3.63) is 23.8 Å². The topological polar surface area (TPSA) is 30.5 Å². The summed E-state index contributed by atoms with van der Waals surface area (Å²) in [5.41, 5.74) is 2.73. The molecule has 98 valence electrons. The predicted molar refractivity (Wildman–Crippen MR) is 76.4 cm³/mol. The number of benzene rings is 1. The van der Waals surface area contributed by atoms with Crippen LogP contribution in [0.5, 0.6) is 0 Å². The lowest BCUT2D eigenvalue weighted by molar-refractivity contribution is 0.00578. The Morgan fingerprint density at radius 3 is 2.11 bits per heavy atom. The van der Waals surface area contributed by atoms with E-state index in [0.29, 0.717) is 0 Å². The minimum absolute atomic E-state index is 0.299. The fourth-order valence-corrected chi connectivity index (χ4v) is 2.07. The van der Waals surface area contributed by atoms with Gasteiger partial charge in [0.25, 0.3) is 0 Å². The van der Waals surface area contributed by atoms with E-state index < -0.39 is 0 Å². The Morgan fingerprint density at radius 2 is 1.61 bits per heavy atom. The Kier molecular flexibility index (Phi) is 3.20. The zero-order valence-corrected chi connectivity index (χ0v) is 12.1. The molecule has 0 atom stereocenters. The summed E-state index contributed by atoms with van der Waals surface area (Å²) in [4.78, 5) is 0. The van der Waals surface area contributed by atoms with Crippen LogP contribution in [0.15, 0.2) is 18.2 Å². The summed E-state index contributed by atoms with van der Waals surface area (Å²) in [7, 11) is 1.61. The maximum Gasteiger partial charge on any atom is 0.496 e. The molecule has 0 aromatic heterocycles. The first-order valence-corrected chi connectivity index (χ1v) is 6.41. The first-order chi connectivity index (χ1) is 8.27. The van der Waals surface area contributed by atoms with Gasteiger partial charge in [0.05, 0.1) is 11.2 Å². The van der Waals surface area contributed by atoms with Crippen LogP contribution in [0.3, 0.4) is 0 Å². The third-order valence-corrected chi connectivity index (χ3v) is 3.98. The molecule has 3 nitrogen and oxygen atoms in total. The van der Waals surface area contributed by atoms with E-state index >= 15 is 0 Å². The molecule has 0 bridgehead atoms. The van der Waals surface area contributed by atoms with E-state index in [0.717, 1.165) is 11.2 Å². The largest absolute Gasteiger partial charge is 0.496 e. The van der Waals surface area contributed by atoms with Crippen LogP contribution in [0.25, 0.3) is 0 Å². The monoisotopic (exact) mass is 247 g/mol. The quantitative estimate of drug-likeness (QED) is 0.813. The smallest absolute Gasteiger partial charge is 0.399 e. The third-order valence-electron chi connectivity index (χ3n) is 3.98. The van der Waals surface area contributed by atoms with Crippen LogP contribution in [0, 0.1) is 6.92 Å². The van der Waals surface area contributed by atoms with Gasteiger partial charge in [0.1, 0.15) is 0 Å². The number of anilines is 1. The van der Waals surface area contributed by atoms with Gasteiger partial charge in [-0.15, -0.1) is 0 Å². The molecule has 1 saturated heterocycles. The van der Waals surface area contributed by atoms with Gasteiger partial charge < -0.3 is 14.6 Å². The lowest BCUT2D eigenvalue weighted by Crippen LogP contribution is -2.41. The fourth-order valence-electron chi connectivity index (χ4n) is 2.07. The highest BCUT2D eigenvalue weighted by Gasteiger charge is 2.52. The van der Waals surface area contributed by atoms with Crippen molar-refractivity contribution in [3.8, 4) is 0 Å². The van der Waals surface area contributed by atoms with Gasteiger partial charge in [0.15, 0.2) is 0 Å². The zero-order chi connectivity index (χ0) is 13.6. The summed E-state index contributed by atoms with van der Waals surface area (Å²) in [5.74, 6) is 0. The van der Waals surface area contributed by atoms with Crippen molar-refractivity contribution in [1.82, 2.24) is 0 Å². The van der Waals surface area contributed by atoms with Gasteiger partial charge in [0, 0.05) is 18.2 Å². The van der Waals surface area contributed by atoms with Crippen LogP contribution in [0.2, 0.25) is 0 Å². The van der Waals surface area contributed by atoms with Crippen LogP contribution in [0.4, 0.5) is 5.69 Å². The maximum absolute atomic E-state index is 6.09. The number of hydrogen-bond donors (Lipinski definition) is 1. The molecule has 4 heteroatoms. The SMILES string of the molecule is CNc1ccc(C)cc1B1OC(C)(C)C(C)(C)O1. The van der Waals surface area contributed by atoms with Crippen molar-refractivity contribution < 1.29 is 9.31 Å². The van der Waals surface area contributed by atoms with E-state index in [4.69, 9.17) is 9.31 Å². The van der Waals surface area contributed by atoms with Gasteiger partial charge in [-0.2, -0.15) is 0 Å². The van der Waals surface area contributed by atoms with Crippen molar-refractivity contribution in [3.63, 3.8) is 0 Å². The van der Waals surface area contributed by atoms with Gasteiger partial charge in [-0.1, -0.05) is 17.7 Å². The zero-order valence-electron chi connectivity index (χ0n) is 12.1. The number of aryl methyl sites for hydroxylation is 1. The van der Waals surface area contributed by atoms with Gasteiger partial charge in [-0.3, -0.25) is 0 Å². The average Bonchev–Trinajstić information content (AvgIpc) is 2.48. The van der Waals surface area contributed by atoms with Crippen molar-refractivity contribution in [2.45, 2.75) is 45.8 Å². The third kappa shape index (κ3) is 2.15. The van der Waals surface area contributed by atoms with Gasteiger partial charge in [0.2, 0.25) is 0 Å². The fraction of sp³-hybridized carbons (Fsp3) is 0.571. The molecule has 1 aromatic carbocycles.